The number of aliphatic imine (C=N–C) groups is 1. The lowest BCUT2D eigenvalue weighted by molar-refractivity contribution is -0.152. The first-order valence-corrected chi connectivity index (χ1v) is 9.79. The molecule has 120 valence electrons. The van der Waals surface area contributed by atoms with Gasteiger partial charge in [-0.15, -0.1) is 11.8 Å². The van der Waals surface area contributed by atoms with Crippen molar-refractivity contribution in [2.75, 3.05) is 11.1 Å². The smallest absolute Gasteiger partial charge is 0.352 e. The molecule has 2 heterocycles. The minimum atomic E-state index is -1.04. The van der Waals surface area contributed by atoms with Crippen molar-refractivity contribution in [3.63, 3.8) is 0 Å². The van der Waals surface area contributed by atoms with E-state index in [4.69, 9.17) is 4.99 Å². The standard InChI is InChI=1S/C15H19BrN2O3S/c16-9-15(17-10-5-3-1-2-4-6-10)13(21)18-11(12(19)20)7-8-22-14(15)18/h7,14H,1-6,8-9H2,(H,19,20)/t14-,15+/m0/s1. The van der Waals surface area contributed by atoms with Crippen LogP contribution in [0.5, 0.6) is 0 Å². The average molecular weight is 387 g/mol. The predicted octanol–water partition coefficient (Wildman–Crippen LogP) is 2.80. The van der Waals surface area contributed by atoms with Gasteiger partial charge in [0.25, 0.3) is 5.91 Å². The maximum absolute atomic E-state index is 12.7. The van der Waals surface area contributed by atoms with Crippen LogP contribution in [-0.4, -0.2) is 49.6 Å². The van der Waals surface area contributed by atoms with Crippen LogP contribution >= 0.6 is 27.7 Å². The van der Waals surface area contributed by atoms with Gasteiger partial charge in [0.05, 0.1) is 0 Å². The summed E-state index contributed by atoms with van der Waals surface area (Å²) in [7, 11) is 0. The van der Waals surface area contributed by atoms with E-state index in [1.807, 2.05) is 0 Å². The number of nitrogens with zero attached hydrogens (tertiary/aromatic N) is 2. The first-order chi connectivity index (χ1) is 10.6. The van der Waals surface area contributed by atoms with Crippen LogP contribution in [0.25, 0.3) is 0 Å². The number of rotatable bonds is 3. The van der Waals surface area contributed by atoms with Gasteiger partial charge in [0.15, 0.2) is 5.54 Å². The Morgan fingerprint density at radius 1 is 1.41 bits per heavy atom. The summed E-state index contributed by atoms with van der Waals surface area (Å²) in [4.78, 5) is 30.2. The molecule has 0 radical (unpaired) electrons. The molecule has 2 fully saturated rings. The van der Waals surface area contributed by atoms with Gasteiger partial charge >= 0.3 is 5.97 Å². The number of carboxylic acids is 1. The van der Waals surface area contributed by atoms with E-state index >= 15 is 0 Å². The first-order valence-electron chi connectivity index (χ1n) is 7.62. The minimum absolute atomic E-state index is 0.103. The number of halogens is 1. The Morgan fingerprint density at radius 3 is 2.68 bits per heavy atom. The number of carboxylic acid groups (broad SMARTS) is 1. The van der Waals surface area contributed by atoms with Crippen LogP contribution in [0.15, 0.2) is 16.8 Å². The summed E-state index contributed by atoms with van der Waals surface area (Å²) in [6, 6.07) is 0. The molecule has 1 N–H and O–H groups in total. The van der Waals surface area contributed by atoms with E-state index in [1.54, 1.807) is 17.8 Å². The Hall–Kier alpha value is -0.820. The molecule has 7 heteroatoms. The van der Waals surface area contributed by atoms with Crippen LogP contribution in [0.2, 0.25) is 0 Å². The predicted molar refractivity (Wildman–Crippen MR) is 90.5 cm³/mol. The second kappa shape index (κ2) is 6.35. The van der Waals surface area contributed by atoms with Crippen molar-refractivity contribution in [1.29, 1.82) is 0 Å². The number of hydrogen-bond acceptors (Lipinski definition) is 4. The fourth-order valence-electron chi connectivity index (χ4n) is 3.31. The summed E-state index contributed by atoms with van der Waals surface area (Å²) in [6.07, 6.45) is 8.25. The molecule has 0 bridgehead atoms. The number of thioether (sulfide) groups is 1. The van der Waals surface area contributed by atoms with Crippen molar-refractivity contribution in [3.05, 3.63) is 11.8 Å². The van der Waals surface area contributed by atoms with E-state index in [2.05, 4.69) is 15.9 Å². The lowest BCUT2D eigenvalue weighted by Crippen LogP contribution is -2.73. The zero-order chi connectivity index (χ0) is 15.7. The SMILES string of the molecule is O=C(O)C1=CCS[C@@H]2N1C(=O)[C@@]2(CBr)N=C1CCCCCC1. The molecule has 0 aromatic heterocycles. The van der Waals surface area contributed by atoms with Crippen molar-refractivity contribution >= 4 is 45.3 Å². The molecule has 22 heavy (non-hydrogen) atoms. The lowest BCUT2D eigenvalue weighted by Gasteiger charge is -2.54. The molecule has 1 saturated heterocycles. The number of amides is 1. The second-order valence-electron chi connectivity index (χ2n) is 5.91. The van der Waals surface area contributed by atoms with E-state index in [1.165, 1.54) is 17.7 Å². The molecule has 1 saturated carbocycles. The Kier molecular flexibility index (Phi) is 4.64. The highest BCUT2D eigenvalue weighted by Crippen LogP contribution is 2.47. The van der Waals surface area contributed by atoms with E-state index < -0.39 is 11.5 Å². The van der Waals surface area contributed by atoms with Crippen molar-refractivity contribution in [2.45, 2.75) is 49.4 Å². The van der Waals surface area contributed by atoms with Crippen molar-refractivity contribution < 1.29 is 14.7 Å². The average Bonchev–Trinajstić information content (AvgIpc) is 2.79. The highest BCUT2D eigenvalue weighted by Gasteiger charge is 2.63. The van der Waals surface area contributed by atoms with E-state index in [9.17, 15) is 14.7 Å². The highest BCUT2D eigenvalue weighted by molar-refractivity contribution is 9.09. The van der Waals surface area contributed by atoms with Gasteiger partial charge < -0.3 is 5.11 Å². The Bertz CT molecular complexity index is 553. The quantitative estimate of drug-likeness (QED) is 0.459. The molecule has 0 aromatic carbocycles. The first kappa shape index (κ1) is 16.1. The largest absolute Gasteiger partial charge is 0.477 e. The summed E-state index contributed by atoms with van der Waals surface area (Å²) in [6.45, 7) is 0. The van der Waals surface area contributed by atoms with Crippen molar-refractivity contribution in [2.24, 2.45) is 4.99 Å². The summed E-state index contributed by atoms with van der Waals surface area (Å²) in [5, 5.41) is 9.51. The van der Waals surface area contributed by atoms with Crippen LogP contribution in [0.4, 0.5) is 0 Å². The summed E-state index contributed by atoms with van der Waals surface area (Å²) >= 11 is 5.05. The molecule has 2 aliphatic heterocycles. The van der Waals surface area contributed by atoms with Gasteiger partial charge in [0.2, 0.25) is 0 Å². The summed E-state index contributed by atoms with van der Waals surface area (Å²) < 4.78 is 0. The molecular formula is C15H19BrN2O3S. The third-order valence-electron chi connectivity index (χ3n) is 4.48. The van der Waals surface area contributed by atoms with Crippen LogP contribution < -0.4 is 0 Å². The topological polar surface area (TPSA) is 70.0 Å². The van der Waals surface area contributed by atoms with Gasteiger partial charge in [0, 0.05) is 16.8 Å². The van der Waals surface area contributed by atoms with Crippen molar-refractivity contribution in [3.8, 4) is 0 Å². The number of aliphatic carboxylic acids is 1. The van der Waals surface area contributed by atoms with E-state index in [0.29, 0.717) is 11.1 Å². The molecule has 3 rings (SSSR count). The fourth-order valence-corrected chi connectivity index (χ4v) is 5.50. The number of β-lactam (4-membered cyclic amide) rings is 1. The Labute approximate surface area is 142 Å². The van der Waals surface area contributed by atoms with Crippen molar-refractivity contribution in [1.82, 2.24) is 4.90 Å². The zero-order valence-electron chi connectivity index (χ0n) is 12.3. The van der Waals surface area contributed by atoms with E-state index in [-0.39, 0.29) is 17.0 Å². The molecule has 1 aliphatic carbocycles. The van der Waals surface area contributed by atoms with Gasteiger partial charge in [-0.05, 0) is 31.8 Å². The second-order valence-corrected chi connectivity index (χ2v) is 7.58. The molecule has 0 aromatic rings. The number of hydrogen-bond donors (Lipinski definition) is 1. The van der Waals surface area contributed by atoms with Crippen LogP contribution in [0, 0.1) is 0 Å². The summed E-state index contributed by atoms with van der Waals surface area (Å²) in [5.41, 5.74) is 0.405. The molecule has 0 unspecified atom stereocenters. The number of alkyl halides is 1. The third kappa shape index (κ3) is 2.52. The monoisotopic (exact) mass is 386 g/mol. The lowest BCUT2D eigenvalue weighted by atomic mass is 9.89. The molecule has 5 nitrogen and oxygen atoms in total. The maximum atomic E-state index is 12.7. The fraction of sp³-hybridized carbons (Fsp3) is 0.667. The third-order valence-corrected chi connectivity index (χ3v) is 6.61. The van der Waals surface area contributed by atoms with Gasteiger partial charge in [0.1, 0.15) is 11.1 Å². The molecular weight excluding hydrogens is 368 g/mol. The van der Waals surface area contributed by atoms with Crippen LogP contribution in [0.3, 0.4) is 0 Å². The summed E-state index contributed by atoms with van der Waals surface area (Å²) in [5.74, 6) is -0.619. The normalized spacial score (nSPS) is 31.8. The number of carbonyl (C=O) groups is 2. The number of carbonyl (C=O) groups excluding carboxylic acids is 1. The van der Waals surface area contributed by atoms with Gasteiger partial charge in [-0.25, -0.2) is 4.79 Å². The Morgan fingerprint density at radius 2 is 2.09 bits per heavy atom. The molecule has 3 aliphatic rings. The minimum Gasteiger partial charge on any atom is -0.477 e. The molecule has 1 amide bonds. The molecule has 0 spiro atoms. The van der Waals surface area contributed by atoms with E-state index in [0.717, 1.165) is 31.4 Å². The maximum Gasteiger partial charge on any atom is 0.352 e. The zero-order valence-corrected chi connectivity index (χ0v) is 14.7. The number of fused-ring (bicyclic) bond motifs is 1. The van der Waals surface area contributed by atoms with Gasteiger partial charge in [-0.2, -0.15) is 0 Å². The molecule has 2 atom stereocenters. The van der Waals surface area contributed by atoms with Gasteiger partial charge in [-0.1, -0.05) is 28.8 Å². The highest BCUT2D eigenvalue weighted by atomic mass is 79.9. The van der Waals surface area contributed by atoms with Crippen LogP contribution in [-0.2, 0) is 9.59 Å². The van der Waals surface area contributed by atoms with Gasteiger partial charge in [-0.3, -0.25) is 14.7 Å². The van der Waals surface area contributed by atoms with Crippen LogP contribution in [0.1, 0.15) is 38.5 Å². The Balaban J connectivity index is 1.89.